The maximum atomic E-state index is 12.7. The van der Waals surface area contributed by atoms with Crippen molar-refractivity contribution in [3.8, 4) is 5.75 Å². The summed E-state index contributed by atoms with van der Waals surface area (Å²) in [5.41, 5.74) is 0.912. The van der Waals surface area contributed by atoms with Crippen molar-refractivity contribution in [2.75, 3.05) is 13.6 Å². The van der Waals surface area contributed by atoms with E-state index in [1.807, 2.05) is 44.2 Å². The molecule has 6 nitrogen and oxygen atoms in total. The first-order valence-electron chi connectivity index (χ1n) is 9.25. The molecule has 0 bridgehead atoms. The minimum atomic E-state index is -3.62. The van der Waals surface area contributed by atoms with E-state index in [1.165, 1.54) is 16.4 Å². The van der Waals surface area contributed by atoms with Gasteiger partial charge in [0, 0.05) is 20.1 Å². The lowest BCUT2D eigenvalue weighted by molar-refractivity contribution is -0.127. The molecule has 7 heteroatoms. The number of nitrogens with one attached hydrogen (secondary N) is 1. The number of benzene rings is 2. The van der Waals surface area contributed by atoms with E-state index < -0.39 is 16.1 Å². The lowest BCUT2D eigenvalue weighted by atomic mass is 10.2. The summed E-state index contributed by atoms with van der Waals surface area (Å²) >= 11 is 0. The van der Waals surface area contributed by atoms with Crippen LogP contribution in [0.3, 0.4) is 0 Å². The number of hydrogen-bond acceptors (Lipinski definition) is 4. The average Bonchev–Trinajstić information content (AvgIpc) is 2.67. The molecular weight excluding hydrogens is 376 g/mol. The van der Waals surface area contributed by atoms with Crippen molar-refractivity contribution in [1.82, 2.24) is 9.62 Å². The standard InChI is InChI=1S/C21H28N2O4S/c1-16(2)14-22-21(24)17(3)27-19-10-12-20(13-11-19)28(25,26)23(4)15-18-8-6-5-7-9-18/h5-13,16-17H,14-15H2,1-4H3,(H,22,24)/t17-/m0/s1. The van der Waals surface area contributed by atoms with Crippen LogP contribution in [0.15, 0.2) is 59.5 Å². The van der Waals surface area contributed by atoms with Gasteiger partial charge in [0.25, 0.3) is 5.91 Å². The summed E-state index contributed by atoms with van der Waals surface area (Å²) in [7, 11) is -2.07. The van der Waals surface area contributed by atoms with Gasteiger partial charge in [-0.1, -0.05) is 44.2 Å². The highest BCUT2D eigenvalue weighted by Gasteiger charge is 2.21. The van der Waals surface area contributed by atoms with E-state index in [-0.39, 0.29) is 17.3 Å². The Morgan fingerprint density at radius 2 is 1.64 bits per heavy atom. The summed E-state index contributed by atoms with van der Waals surface area (Å²) < 4.78 is 32.4. The van der Waals surface area contributed by atoms with Gasteiger partial charge in [0.15, 0.2) is 6.10 Å². The molecule has 28 heavy (non-hydrogen) atoms. The smallest absolute Gasteiger partial charge is 0.260 e. The molecule has 0 fully saturated rings. The Balaban J connectivity index is 2.01. The Labute approximate surface area is 167 Å². The third-order valence-electron chi connectivity index (χ3n) is 4.15. The fourth-order valence-corrected chi connectivity index (χ4v) is 3.66. The van der Waals surface area contributed by atoms with Crippen molar-refractivity contribution in [3.63, 3.8) is 0 Å². The van der Waals surface area contributed by atoms with Crippen molar-refractivity contribution in [2.24, 2.45) is 5.92 Å². The number of nitrogens with zero attached hydrogens (tertiary/aromatic N) is 1. The van der Waals surface area contributed by atoms with Crippen LogP contribution in [0.1, 0.15) is 26.3 Å². The highest BCUT2D eigenvalue weighted by Crippen LogP contribution is 2.21. The van der Waals surface area contributed by atoms with E-state index in [2.05, 4.69) is 5.32 Å². The fourth-order valence-electron chi connectivity index (χ4n) is 2.50. The summed E-state index contributed by atoms with van der Waals surface area (Å²) in [4.78, 5) is 12.2. The van der Waals surface area contributed by atoms with Crippen molar-refractivity contribution >= 4 is 15.9 Å². The third-order valence-corrected chi connectivity index (χ3v) is 5.96. The van der Waals surface area contributed by atoms with E-state index in [4.69, 9.17) is 4.74 Å². The molecule has 1 amide bonds. The van der Waals surface area contributed by atoms with Crippen LogP contribution in [0.4, 0.5) is 0 Å². The predicted octanol–water partition coefficient (Wildman–Crippen LogP) is 3.05. The number of sulfonamides is 1. The predicted molar refractivity (Wildman–Crippen MR) is 109 cm³/mol. The van der Waals surface area contributed by atoms with Gasteiger partial charge in [0.2, 0.25) is 10.0 Å². The molecule has 0 aliphatic rings. The molecule has 0 aliphatic heterocycles. The molecule has 0 heterocycles. The maximum absolute atomic E-state index is 12.7. The first-order valence-corrected chi connectivity index (χ1v) is 10.7. The summed E-state index contributed by atoms with van der Waals surface area (Å²) in [6, 6.07) is 15.5. The second-order valence-electron chi connectivity index (χ2n) is 7.12. The minimum Gasteiger partial charge on any atom is -0.481 e. The van der Waals surface area contributed by atoms with Crippen LogP contribution in [0.25, 0.3) is 0 Å². The van der Waals surface area contributed by atoms with Gasteiger partial charge >= 0.3 is 0 Å². The summed E-state index contributed by atoms with van der Waals surface area (Å²) in [6.45, 7) is 6.56. The highest BCUT2D eigenvalue weighted by atomic mass is 32.2. The van der Waals surface area contributed by atoms with Gasteiger partial charge in [-0.25, -0.2) is 8.42 Å². The average molecular weight is 405 g/mol. The quantitative estimate of drug-likeness (QED) is 0.697. The molecule has 0 aliphatic carbocycles. The zero-order valence-electron chi connectivity index (χ0n) is 16.8. The van der Waals surface area contributed by atoms with Gasteiger partial charge in [0.05, 0.1) is 4.90 Å². The van der Waals surface area contributed by atoms with Gasteiger partial charge in [-0.05, 0) is 42.7 Å². The molecule has 0 saturated heterocycles. The fraction of sp³-hybridized carbons (Fsp3) is 0.381. The second-order valence-corrected chi connectivity index (χ2v) is 9.16. The first kappa shape index (κ1) is 21.9. The Hall–Kier alpha value is -2.38. The number of amides is 1. The molecule has 152 valence electrons. The van der Waals surface area contributed by atoms with Crippen molar-refractivity contribution in [3.05, 3.63) is 60.2 Å². The Kier molecular flexibility index (Phi) is 7.60. The van der Waals surface area contributed by atoms with Crippen molar-refractivity contribution in [2.45, 2.75) is 38.3 Å². The van der Waals surface area contributed by atoms with Crippen LogP contribution in [0, 0.1) is 5.92 Å². The Morgan fingerprint density at radius 3 is 2.21 bits per heavy atom. The third kappa shape index (κ3) is 6.07. The van der Waals surface area contributed by atoms with Gasteiger partial charge in [-0.3, -0.25) is 4.79 Å². The first-order chi connectivity index (χ1) is 13.2. The molecule has 0 spiro atoms. The lowest BCUT2D eigenvalue weighted by Crippen LogP contribution is -2.38. The van der Waals surface area contributed by atoms with Crippen molar-refractivity contribution < 1.29 is 17.9 Å². The van der Waals surface area contributed by atoms with Gasteiger partial charge in [-0.15, -0.1) is 0 Å². The molecule has 1 atom stereocenters. The summed E-state index contributed by atoms with van der Waals surface area (Å²) in [5.74, 6) is 0.596. The number of hydrogen-bond donors (Lipinski definition) is 1. The number of ether oxygens (including phenoxy) is 1. The van der Waals surface area contributed by atoms with E-state index in [9.17, 15) is 13.2 Å². The Morgan fingerprint density at radius 1 is 1.04 bits per heavy atom. The number of carbonyl (C=O) groups is 1. The molecule has 1 N–H and O–H groups in total. The van der Waals surface area contributed by atoms with Gasteiger partial charge in [0.1, 0.15) is 5.75 Å². The monoisotopic (exact) mass is 404 g/mol. The summed E-state index contributed by atoms with van der Waals surface area (Å²) in [5, 5.41) is 2.81. The highest BCUT2D eigenvalue weighted by molar-refractivity contribution is 7.89. The van der Waals surface area contributed by atoms with Crippen molar-refractivity contribution in [1.29, 1.82) is 0 Å². The molecule has 2 rings (SSSR count). The van der Waals surface area contributed by atoms with Crippen LogP contribution in [0.2, 0.25) is 0 Å². The van der Waals surface area contributed by atoms with Crippen LogP contribution < -0.4 is 10.1 Å². The van der Waals surface area contributed by atoms with E-state index in [0.29, 0.717) is 18.2 Å². The van der Waals surface area contributed by atoms with E-state index in [0.717, 1.165) is 5.56 Å². The number of rotatable bonds is 9. The molecule has 0 unspecified atom stereocenters. The topological polar surface area (TPSA) is 75.7 Å². The zero-order chi connectivity index (χ0) is 20.7. The molecular formula is C21H28N2O4S. The Bertz CT molecular complexity index is 865. The molecule has 0 saturated carbocycles. The molecule has 2 aromatic carbocycles. The minimum absolute atomic E-state index is 0.176. The maximum Gasteiger partial charge on any atom is 0.260 e. The molecule has 0 radical (unpaired) electrons. The second kappa shape index (κ2) is 9.71. The van der Waals surface area contributed by atoms with Crippen LogP contribution in [-0.4, -0.2) is 38.3 Å². The largest absolute Gasteiger partial charge is 0.481 e. The van der Waals surface area contributed by atoms with E-state index in [1.54, 1.807) is 26.1 Å². The summed E-state index contributed by atoms with van der Waals surface area (Å²) in [6.07, 6.45) is -0.665. The van der Waals surface area contributed by atoms with Crippen LogP contribution in [0.5, 0.6) is 5.75 Å². The van der Waals surface area contributed by atoms with Gasteiger partial charge < -0.3 is 10.1 Å². The molecule has 0 aromatic heterocycles. The SMILES string of the molecule is CC(C)CNC(=O)[C@H](C)Oc1ccc(S(=O)(=O)N(C)Cc2ccccc2)cc1. The van der Waals surface area contributed by atoms with Crippen LogP contribution in [-0.2, 0) is 21.4 Å². The van der Waals surface area contributed by atoms with Crippen LogP contribution >= 0.6 is 0 Å². The van der Waals surface area contributed by atoms with Gasteiger partial charge in [-0.2, -0.15) is 4.31 Å². The lowest BCUT2D eigenvalue weighted by Gasteiger charge is -2.18. The zero-order valence-corrected chi connectivity index (χ0v) is 17.6. The van der Waals surface area contributed by atoms with E-state index >= 15 is 0 Å². The number of carbonyl (C=O) groups excluding carboxylic acids is 1. The molecule has 2 aromatic rings. The normalized spacial score (nSPS) is 12.8.